The predicted molar refractivity (Wildman–Crippen MR) is 164 cm³/mol. The first-order valence-corrected chi connectivity index (χ1v) is 14.2. The quantitative estimate of drug-likeness (QED) is 0.283. The van der Waals surface area contributed by atoms with Crippen molar-refractivity contribution >= 4 is 29.4 Å². The van der Waals surface area contributed by atoms with Crippen molar-refractivity contribution in [1.82, 2.24) is 19.4 Å². The van der Waals surface area contributed by atoms with Crippen LogP contribution in [-0.4, -0.2) is 84.2 Å². The second-order valence-corrected chi connectivity index (χ2v) is 10.6. The smallest absolute Gasteiger partial charge is 0.254 e. The van der Waals surface area contributed by atoms with Crippen LogP contribution >= 0.6 is 11.6 Å². The summed E-state index contributed by atoms with van der Waals surface area (Å²) in [5.41, 5.74) is 4.00. The third-order valence-electron chi connectivity index (χ3n) is 7.16. The van der Waals surface area contributed by atoms with Crippen molar-refractivity contribution in [3.63, 3.8) is 0 Å². The summed E-state index contributed by atoms with van der Waals surface area (Å²) in [5.74, 6) is 0.438. The zero-order valence-electron chi connectivity index (χ0n) is 23.8. The molecule has 42 heavy (non-hydrogen) atoms. The number of aryl methyl sites for hydroxylation is 1. The van der Waals surface area contributed by atoms with Gasteiger partial charge in [0.1, 0.15) is 12.3 Å². The Morgan fingerprint density at radius 3 is 2.36 bits per heavy atom. The molecule has 1 N–H and O–H groups in total. The molecule has 218 valence electrons. The molecule has 1 aromatic heterocycles. The minimum Gasteiger partial charge on any atom is -0.497 e. The van der Waals surface area contributed by atoms with E-state index in [1.165, 1.54) is 0 Å². The highest BCUT2D eigenvalue weighted by Crippen LogP contribution is 2.26. The van der Waals surface area contributed by atoms with Gasteiger partial charge in [-0.25, -0.2) is 4.98 Å². The second-order valence-electron chi connectivity index (χ2n) is 10.1. The van der Waals surface area contributed by atoms with E-state index in [1.807, 2.05) is 54.1 Å². The number of carbonyl (C=O) groups excluding carboxylic acids is 2. The van der Waals surface area contributed by atoms with E-state index in [9.17, 15) is 9.59 Å². The molecule has 1 aliphatic heterocycles. The fourth-order valence-corrected chi connectivity index (χ4v) is 4.85. The van der Waals surface area contributed by atoms with Gasteiger partial charge in [0.05, 0.1) is 26.0 Å². The van der Waals surface area contributed by atoms with Crippen LogP contribution < -0.4 is 10.1 Å². The van der Waals surface area contributed by atoms with Crippen LogP contribution in [0.25, 0.3) is 16.9 Å². The van der Waals surface area contributed by atoms with Crippen LogP contribution in [0.4, 0.5) is 5.95 Å². The highest BCUT2D eigenvalue weighted by Gasteiger charge is 2.22. The fraction of sp³-hybridized carbons (Fsp3) is 0.281. The van der Waals surface area contributed by atoms with E-state index in [0.29, 0.717) is 54.3 Å². The summed E-state index contributed by atoms with van der Waals surface area (Å²) in [5, 5.41) is 3.59. The SMILES string of the molecule is COc1ccc(C(=O)N(CCN2CCOCC2)CC(=O)Nc2nc(-c3ccc(Cl)cc3)cn2-c2ccc(C)cc2)cc1. The number of imidazole rings is 1. The maximum absolute atomic E-state index is 13.6. The van der Waals surface area contributed by atoms with E-state index < -0.39 is 0 Å². The second kappa shape index (κ2) is 13.7. The molecule has 0 aliphatic carbocycles. The Morgan fingerprint density at radius 2 is 1.69 bits per heavy atom. The first-order chi connectivity index (χ1) is 20.4. The molecule has 1 aliphatic rings. The number of hydrogen-bond acceptors (Lipinski definition) is 6. The first-order valence-electron chi connectivity index (χ1n) is 13.9. The number of nitrogens with one attached hydrogen (secondary N) is 1. The van der Waals surface area contributed by atoms with Crippen molar-refractivity contribution < 1.29 is 19.1 Å². The highest BCUT2D eigenvalue weighted by atomic mass is 35.5. The normalized spacial score (nSPS) is 13.5. The van der Waals surface area contributed by atoms with Crippen LogP contribution in [0.15, 0.2) is 79.0 Å². The molecule has 0 bridgehead atoms. The zero-order chi connectivity index (χ0) is 29.5. The lowest BCUT2D eigenvalue weighted by Crippen LogP contribution is -2.45. The molecule has 0 saturated carbocycles. The number of carbonyl (C=O) groups is 2. The summed E-state index contributed by atoms with van der Waals surface area (Å²) in [6, 6.07) is 22.2. The molecule has 0 spiro atoms. The van der Waals surface area contributed by atoms with Gasteiger partial charge in [0, 0.05) is 54.2 Å². The number of halogens is 1. The summed E-state index contributed by atoms with van der Waals surface area (Å²) in [6.45, 7) is 5.81. The molecule has 0 unspecified atom stereocenters. The summed E-state index contributed by atoms with van der Waals surface area (Å²) in [7, 11) is 1.58. The van der Waals surface area contributed by atoms with Crippen molar-refractivity contribution in [3.8, 4) is 22.7 Å². The zero-order valence-corrected chi connectivity index (χ0v) is 24.5. The number of nitrogens with zero attached hydrogens (tertiary/aromatic N) is 4. The van der Waals surface area contributed by atoms with Crippen molar-refractivity contribution in [1.29, 1.82) is 0 Å². The lowest BCUT2D eigenvalue weighted by atomic mass is 10.2. The van der Waals surface area contributed by atoms with Gasteiger partial charge in [-0.3, -0.25) is 24.4 Å². The monoisotopic (exact) mass is 587 g/mol. The molecule has 3 aromatic carbocycles. The van der Waals surface area contributed by atoms with Crippen LogP contribution in [0.5, 0.6) is 5.75 Å². The Bertz CT molecular complexity index is 1500. The maximum atomic E-state index is 13.6. The Hall–Kier alpha value is -4.18. The van der Waals surface area contributed by atoms with Crippen LogP contribution in [0.1, 0.15) is 15.9 Å². The molecule has 0 radical (unpaired) electrons. The van der Waals surface area contributed by atoms with E-state index in [0.717, 1.165) is 29.9 Å². The average molecular weight is 588 g/mol. The number of methoxy groups -OCH3 is 1. The lowest BCUT2D eigenvalue weighted by molar-refractivity contribution is -0.117. The average Bonchev–Trinajstić information content (AvgIpc) is 3.43. The first kappa shape index (κ1) is 29.3. The Balaban J connectivity index is 1.38. The van der Waals surface area contributed by atoms with E-state index >= 15 is 0 Å². The molecule has 4 aromatic rings. The number of rotatable bonds is 10. The van der Waals surface area contributed by atoms with Crippen LogP contribution in [0.3, 0.4) is 0 Å². The standard InChI is InChI=1S/C32H34ClN5O4/c1-23-3-11-27(12-4-23)38-21-29(24-5-9-26(33)10-6-24)34-32(38)35-30(39)22-37(16-15-36-17-19-42-20-18-36)31(40)25-7-13-28(41-2)14-8-25/h3-14,21H,15-20,22H2,1-2H3,(H,34,35,39). The Labute approximate surface area is 250 Å². The lowest BCUT2D eigenvalue weighted by Gasteiger charge is -2.30. The number of ether oxygens (including phenoxy) is 2. The van der Waals surface area contributed by atoms with Gasteiger partial charge < -0.3 is 14.4 Å². The third-order valence-corrected chi connectivity index (χ3v) is 7.41. The van der Waals surface area contributed by atoms with Gasteiger partial charge in [-0.1, -0.05) is 41.4 Å². The number of hydrogen-bond donors (Lipinski definition) is 1. The third kappa shape index (κ3) is 7.36. The number of anilines is 1. The Kier molecular flexibility index (Phi) is 9.53. The van der Waals surface area contributed by atoms with E-state index in [2.05, 4.69) is 10.2 Å². The fourth-order valence-electron chi connectivity index (χ4n) is 4.72. The van der Waals surface area contributed by atoms with Crippen molar-refractivity contribution in [3.05, 3.63) is 95.1 Å². The largest absolute Gasteiger partial charge is 0.497 e. The van der Waals surface area contributed by atoms with E-state index in [4.69, 9.17) is 26.1 Å². The molecule has 0 atom stereocenters. The number of morpholine rings is 1. The van der Waals surface area contributed by atoms with Crippen LogP contribution in [0, 0.1) is 6.92 Å². The molecule has 5 rings (SSSR count). The molecule has 9 nitrogen and oxygen atoms in total. The minimum absolute atomic E-state index is 0.133. The van der Waals surface area contributed by atoms with E-state index in [-0.39, 0.29) is 18.4 Å². The topological polar surface area (TPSA) is 88.9 Å². The van der Waals surface area contributed by atoms with Gasteiger partial charge in [0.2, 0.25) is 11.9 Å². The van der Waals surface area contributed by atoms with Crippen molar-refractivity contribution in [2.75, 3.05) is 58.4 Å². The molecule has 1 saturated heterocycles. The maximum Gasteiger partial charge on any atom is 0.254 e. The summed E-state index contributed by atoms with van der Waals surface area (Å²) in [6.07, 6.45) is 1.88. The van der Waals surface area contributed by atoms with Crippen molar-refractivity contribution in [2.24, 2.45) is 0 Å². The molecule has 10 heteroatoms. The number of benzene rings is 3. The molecular weight excluding hydrogens is 554 g/mol. The van der Waals surface area contributed by atoms with Gasteiger partial charge in [-0.05, 0) is 55.5 Å². The Morgan fingerprint density at radius 1 is 1.00 bits per heavy atom. The minimum atomic E-state index is -0.347. The molecule has 2 amide bonds. The molecule has 2 heterocycles. The van der Waals surface area contributed by atoms with Crippen LogP contribution in [-0.2, 0) is 9.53 Å². The number of aromatic nitrogens is 2. The molecule has 1 fully saturated rings. The predicted octanol–water partition coefficient (Wildman–Crippen LogP) is 4.92. The summed E-state index contributed by atoms with van der Waals surface area (Å²) in [4.78, 5) is 35.6. The van der Waals surface area contributed by atoms with Gasteiger partial charge >= 0.3 is 0 Å². The van der Waals surface area contributed by atoms with Gasteiger partial charge in [-0.15, -0.1) is 0 Å². The molecular formula is C32H34ClN5O4. The number of amides is 2. The summed E-state index contributed by atoms with van der Waals surface area (Å²) >= 11 is 6.09. The van der Waals surface area contributed by atoms with Crippen molar-refractivity contribution in [2.45, 2.75) is 6.92 Å². The highest BCUT2D eigenvalue weighted by molar-refractivity contribution is 6.30. The summed E-state index contributed by atoms with van der Waals surface area (Å²) < 4.78 is 12.5. The van der Waals surface area contributed by atoms with Gasteiger partial charge in [0.25, 0.3) is 5.91 Å². The van der Waals surface area contributed by atoms with E-state index in [1.54, 1.807) is 48.4 Å². The van der Waals surface area contributed by atoms with Crippen LogP contribution in [0.2, 0.25) is 5.02 Å². The van der Waals surface area contributed by atoms with Gasteiger partial charge in [0.15, 0.2) is 0 Å². The van der Waals surface area contributed by atoms with Gasteiger partial charge in [-0.2, -0.15) is 0 Å².